The number of thiophene rings is 1. The molecule has 1 aromatic rings. The molecule has 3 nitrogen and oxygen atoms in total. The number of nitrogens with two attached hydrogens (primary N) is 1. The number of likely N-dealkylation sites (tertiary alicyclic amines) is 1. The minimum atomic E-state index is -0.0514. The lowest BCUT2D eigenvalue weighted by Crippen LogP contribution is -2.57. The quantitative estimate of drug-likeness (QED) is 0.875. The molecule has 2 rings (SSSR count). The van der Waals surface area contributed by atoms with Gasteiger partial charge in [-0.1, -0.05) is 6.07 Å². The average molecular weight is 252 g/mol. The fourth-order valence-electron chi connectivity index (χ4n) is 2.34. The van der Waals surface area contributed by atoms with Crippen LogP contribution in [0, 0.1) is 0 Å². The molecule has 94 valence electrons. The fraction of sp³-hybridized carbons (Fsp3) is 0.615. The third-order valence-electron chi connectivity index (χ3n) is 3.48. The Kier molecular flexibility index (Phi) is 3.54. The molecule has 1 amide bonds. The van der Waals surface area contributed by atoms with E-state index in [4.69, 9.17) is 5.73 Å². The number of nitrogens with zero attached hydrogens (tertiary/aromatic N) is 1. The average Bonchev–Trinajstić information content (AvgIpc) is 2.74. The maximum atomic E-state index is 12.3. The second-order valence-electron chi connectivity index (χ2n) is 5.37. The number of piperidine rings is 1. The zero-order chi connectivity index (χ0) is 12.5. The van der Waals surface area contributed by atoms with Crippen molar-refractivity contribution in [3.8, 4) is 0 Å². The summed E-state index contributed by atoms with van der Waals surface area (Å²) in [5.74, 6) is 0.201. The number of carbonyl (C=O) groups excluding carboxylic acids is 1. The molecule has 0 bridgehead atoms. The van der Waals surface area contributed by atoms with Gasteiger partial charge in [-0.2, -0.15) is 0 Å². The van der Waals surface area contributed by atoms with Gasteiger partial charge in [-0.25, -0.2) is 0 Å². The highest BCUT2D eigenvalue weighted by Gasteiger charge is 2.35. The van der Waals surface area contributed by atoms with Crippen LogP contribution in [-0.4, -0.2) is 28.9 Å². The predicted molar refractivity (Wildman–Crippen MR) is 71.0 cm³/mol. The Morgan fingerprint density at radius 3 is 3.06 bits per heavy atom. The van der Waals surface area contributed by atoms with E-state index in [9.17, 15) is 4.79 Å². The maximum absolute atomic E-state index is 12.3. The molecule has 17 heavy (non-hydrogen) atoms. The molecule has 1 atom stereocenters. The molecule has 0 spiro atoms. The van der Waals surface area contributed by atoms with E-state index in [0.717, 1.165) is 17.7 Å². The fourth-order valence-corrected chi connectivity index (χ4v) is 3.04. The van der Waals surface area contributed by atoms with Gasteiger partial charge in [0.2, 0.25) is 5.91 Å². The van der Waals surface area contributed by atoms with E-state index in [1.807, 2.05) is 22.4 Å². The van der Waals surface area contributed by atoms with Gasteiger partial charge in [-0.3, -0.25) is 4.79 Å². The largest absolute Gasteiger partial charge is 0.336 e. The summed E-state index contributed by atoms with van der Waals surface area (Å²) in [6, 6.07) is 4.13. The number of hydrogen-bond donors (Lipinski definition) is 1. The number of rotatable bonds is 2. The molecular weight excluding hydrogens is 232 g/mol. The van der Waals surface area contributed by atoms with E-state index in [1.165, 1.54) is 0 Å². The van der Waals surface area contributed by atoms with Gasteiger partial charge in [0.15, 0.2) is 0 Å². The molecule has 1 aromatic heterocycles. The Morgan fingerprint density at radius 1 is 1.65 bits per heavy atom. The Morgan fingerprint density at radius 2 is 2.41 bits per heavy atom. The number of amides is 1. The van der Waals surface area contributed by atoms with Crippen LogP contribution in [0.2, 0.25) is 0 Å². The van der Waals surface area contributed by atoms with Crippen LogP contribution in [0.15, 0.2) is 17.5 Å². The summed E-state index contributed by atoms with van der Waals surface area (Å²) in [7, 11) is 0. The minimum Gasteiger partial charge on any atom is -0.336 e. The molecule has 0 radical (unpaired) electrons. The first-order valence-corrected chi connectivity index (χ1v) is 6.95. The van der Waals surface area contributed by atoms with Crippen LogP contribution in [0.25, 0.3) is 0 Å². The highest BCUT2D eigenvalue weighted by Crippen LogP contribution is 2.27. The van der Waals surface area contributed by atoms with E-state index in [2.05, 4.69) is 13.8 Å². The first-order chi connectivity index (χ1) is 7.99. The van der Waals surface area contributed by atoms with Crippen LogP contribution >= 0.6 is 11.3 Å². The first-order valence-electron chi connectivity index (χ1n) is 6.07. The van der Waals surface area contributed by atoms with Crippen molar-refractivity contribution in [1.29, 1.82) is 0 Å². The lowest BCUT2D eigenvalue weighted by molar-refractivity contribution is -0.138. The lowest BCUT2D eigenvalue weighted by Gasteiger charge is -2.44. The second kappa shape index (κ2) is 4.78. The molecule has 2 heterocycles. The lowest BCUT2D eigenvalue weighted by atomic mass is 9.88. The van der Waals surface area contributed by atoms with Gasteiger partial charge in [0.05, 0.1) is 6.42 Å². The van der Waals surface area contributed by atoms with Crippen LogP contribution in [0.1, 0.15) is 31.6 Å². The topological polar surface area (TPSA) is 46.3 Å². The van der Waals surface area contributed by atoms with Gasteiger partial charge in [0.1, 0.15) is 0 Å². The molecule has 1 fully saturated rings. The van der Waals surface area contributed by atoms with Gasteiger partial charge in [0, 0.05) is 23.0 Å². The standard InChI is InChI=1S/C13H20N2OS/c1-13(2)6-5-10(14)9-15(13)12(16)8-11-4-3-7-17-11/h3-4,7,10H,5-6,8-9,14H2,1-2H3. The highest BCUT2D eigenvalue weighted by molar-refractivity contribution is 7.10. The summed E-state index contributed by atoms with van der Waals surface area (Å²) in [6.45, 7) is 4.95. The minimum absolute atomic E-state index is 0.0514. The molecule has 1 aliphatic rings. The summed E-state index contributed by atoms with van der Waals surface area (Å²) >= 11 is 1.64. The van der Waals surface area contributed by atoms with Crippen molar-refractivity contribution >= 4 is 17.2 Å². The van der Waals surface area contributed by atoms with E-state index in [0.29, 0.717) is 13.0 Å². The molecular formula is C13H20N2OS. The summed E-state index contributed by atoms with van der Waals surface area (Å²) in [6.07, 6.45) is 2.51. The first kappa shape index (κ1) is 12.6. The Labute approximate surface area is 107 Å². The van der Waals surface area contributed by atoms with Crippen molar-refractivity contribution in [2.75, 3.05) is 6.54 Å². The van der Waals surface area contributed by atoms with Gasteiger partial charge in [0.25, 0.3) is 0 Å². The normalized spacial score (nSPS) is 23.7. The van der Waals surface area contributed by atoms with Gasteiger partial charge >= 0.3 is 0 Å². The summed E-state index contributed by atoms with van der Waals surface area (Å²) in [5, 5.41) is 2.01. The second-order valence-corrected chi connectivity index (χ2v) is 6.40. The van der Waals surface area contributed by atoms with Crippen molar-refractivity contribution in [3.63, 3.8) is 0 Å². The predicted octanol–water partition coefficient (Wildman–Crippen LogP) is 2.02. The van der Waals surface area contributed by atoms with Crippen LogP contribution in [0.3, 0.4) is 0 Å². The Hall–Kier alpha value is -0.870. The number of hydrogen-bond acceptors (Lipinski definition) is 3. The third-order valence-corrected chi connectivity index (χ3v) is 4.36. The van der Waals surface area contributed by atoms with Gasteiger partial charge < -0.3 is 10.6 Å². The van der Waals surface area contributed by atoms with Crippen molar-refractivity contribution in [2.45, 2.75) is 44.7 Å². The van der Waals surface area contributed by atoms with Crippen LogP contribution in [0.5, 0.6) is 0 Å². The molecule has 1 saturated heterocycles. The van der Waals surface area contributed by atoms with Crippen molar-refractivity contribution in [2.24, 2.45) is 5.73 Å². The third kappa shape index (κ3) is 2.87. The Balaban J connectivity index is 2.06. The molecule has 0 saturated carbocycles. The van der Waals surface area contributed by atoms with Crippen LogP contribution in [0.4, 0.5) is 0 Å². The molecule has 1 unspecified atom stereocenters. The highest BCUT2D eigenvalue weighted by atomic mass is 32.1. The summed E-state index contributed by atoms with van der Waals surface area (Å²) < 4.78 is 0. The molecule has 4 heteroatoms. The number of carbonyl (C=O) groups is 1. The molecule has 0 aromatic carbocycles. The van der Waals surface area contributed by atoms with Crippen molar-refractivity contribution < 1.29 is 4.79 Å². The Bertz CT molecular complexity index is 386. The van der Waals surface area contributed by atoms with E-state index in [1.54, 1.807) is 11.3 Å². The maximum Gasteiger partial charge on any atom is 0.228 e. The van der Waals surface area contributed by atoms with Crippen molar-refractivity contribution in [1.82, 2.24) is 4.90 Å². The zero-order valence-electron chi connectivity index (χ0n) is 10.5. The van der Waals surface area contributed by atoms with E-state index < -0.39 is 0 Å². The van der Waals surface area contributed by atoms with Crippen LogP contribution < -0.4 is 5.73 Å². The molecule has 2 N–H and O–H groups in total. The zero-order valence-corrected chi connectivity index (χ0v) is 11.3. The molecule has 1 aliphatic heterocycles. The smallest absolute Gasteiger partial charge is 0.228 e. The van der Waals surface area contributed by atoms with Crippen LogP contribution in [-0.2, 0) is 11.2 Å². The van der Waals surface area contributed by atoms with E-state index in [-0.39, 0.29) is 17.5 Å². The van der Waals surface area contributed by atoms with Crippen molar-refractivity contribution in [3.05, 3.63) is 22.4 Å². The van der Waals surface area contributed by atoms with Gasteiger partial charge in [-0.05, 0) is 38.1 Å². The van der Waals surface area contributed by atoms with E-state index >= 15 is 0 Å². The SMILES string of the molecule is CC1(C)CCC(N)CN1C(=O)Cc1cccs1. The molecule has 0 aliphatic carbocycles. The summed E-state index contributed by atoms with van der Waals surface area (Å²) in [5.41, 5.74) is 5.91. The monoisotopic (exact) mass is 252 g/mol. The van der Waals surface area contributed by atoms with Gasteiger partial charge in [-0.15, -0.1) is 11.3 Å². The summed E-state index contributed by atoms with van der Waals surface area (Å²) in [4.78, 5) is 15.4.